The van der Waals surface area contributed by atoms with Crippen LogP contribution in [0.1, 0.15) is 22.3 Å². The number of sulfonamides is 1. The van der Waals surface area contributed by atoms with Gasteiger partial charge < -0.3 is 0 Å². The number of aryl methyl sites for hydroxylation is 2. The summed E-state index contributed by atoms with van der Waals surface area (Å²) in [6.07, 6.45) is -2.91. The zero-order valence-corrected chi connectivity index (χ0v) is 13.9. The van der Waals surface area contributed by atoms with Gasteiger partial charge in [-0.2, -0.15) is 13.2 Å². The molecule has 0 saturated heterocycles. The fourth-order valence-corrected chi connectivity index (χ4v) is 3.95. The molecule has 2 rings (SSSR count). The van der Waals surface area contributed by atoms with Crippen LogP contribution in [0.5, 0.6) is 0 Å². The predicted molar refractivity (Wildman–Crippen MR) is 88.3 cm³/mol. The van der Waals surface area contributed by atoms with Gasteiger partial charge in [0.05, 0.1) is 10.5 Å². The minimum absolute atomic E-state index is 0.0394. The second kappa shape index (κ2) is 6.32. The van der Waals surface area contributed by atoms with E-state index in [0.717, 1.165) is 17.7 Å². The lowest BCUT2D eigenvalue weighted by molar-refractivity contribution is -0.137. The largest absolute Gasteiger partial charge is 0.416 e. The van der Waals surface area contributed by atoms with Gasteiger partial charge >= 0.3 is 6.18 Å². The third-order valence-electron chi connectivity index (χ3n) is 3.45. The van der Waals surface area contributed by atoms with Crippen LogP contribution in [0.4, 0.5) is 18.9 Å². The number of benzene rings is 2. The minimum atomic E-state index is -4.52. The smallest absolute Gasteiger partial charge is 0.280 e. The van der Waals surface area contributed by atoms with Crippen LogP contribution < -0.4 is 4.72 Å². The fraction of sp³-hybridized carbons (Fsp3) is 0.176. The molecule has 0 unspecified atom stereocenters. The van der Waals surface area contributed by atoms with Gasteiger partial charge in [-0.3, -0.25) is 4.72 Å². The van der Waals surface area contributed by atoms with E-state index in [1.165, 1.54) is 13.8 Å². The van der Waals surface area contributed by atoms with Gasteiger partial charge in [-0.25, -0.2) is 8.42 Å². The Balaban J connectivity index is 2.43. The van der Waals surface area contributed by atoms with Crippen LogP contribution in [0.25, 0.3) is 6.08 Å². The highest BCUT2D eigenvalue weighted by atomic mass is 32.2. The third-order valence-corrected chi connectivity index (χ3v) is 5.14. The van der Waals surface area contributed by atoms with E-state index in [2.05, 4.69) is 11.3 Å². The summed E-state index contributed by atoms with van der Waals surface area (Å²) in [5.74, 6) is 0. The van der Waals surface area contributed by atoms with Gasteiger partial charge in [0.15, 0.2) is 0 Å². The zero-order chi connectivity index (χ0) is 18.1. The molecular weight excluding hydrogens is 339 g/mol. The second-order valence-electron chi connectivity index (χ2n) is 5.37. The van der Waals surface area contributed by atoms with Crippen LogP contribution in [0.15, 0.2) is 47.9 Å². The summed E-state index contributed by atoms with van der Waals surface area (Å²) < 4.78 is 65.9. The monoisotopic (exact) mass is 355 g/mol. The molecule has 0 fully saturated rings. The van der Waals surface area contributed by atoms with Gasteiger partial charge in [-0.15, -0.1) is 0 Å². The first-order valence-corrected chi connectivity index (χ1v) is 8.46. The van der Waals surface area contributed by atoms with Crippen LogP contribution in [-0.2, 0) is 16.2 Å². The van der Waals surface area contributed by atoms with Crippen LogP contribution in [0.3, 0.4) is 0 Å². The molecule has 0 spiro atoms. The molecule has 0 bridgehead atoms. The van der Waals surface area contributed by atoms with Gasteiger partial charge in [0.25, 0.3) is 10.0 Å². The lowest BCUT2D eigenvalue weighted by atomic mass is 10.1. The maximum Gasteiger partial charge on any atom is 0.416 e. The maximum absolute atomic E-state index is 12.8. The van der Waals surface area contributed by atoms with Crippen LogP contribution in [0.2, 0.25) is 0 Å². The van der Waals surface area contributed by atoms with Crippen molar-refractivity contribution < 1.29 is 21.6 Å². The van der Waals surface area contributed by atoms with Crippen molar-refractivity contribution in [2.75, 3.05) is 4.72 Å². The standard InChI is InChI=1S/C17H16F3NO2S/c1-4-13-5-7-15(8-6-13)21-24(22,23)16-11(2)9-14(10-12(16)3)17(18,19)20/h4-10,21H,1H2,2-3H3. The molecule has 24 heavy (non-hydrogen) atoms. The first-order chi connectivity index (χ1) is 11.0. The molecule has 2 aromatic carbocycles. The highest BCUT2D eigenvalue weighted by molar-refractivity contribution is 7.92. The fourth-order valence-electron chi connectivity index (χ4n) is 2.43. The topological polar surface area (TPSA) is 46.2 Å². The average molecular weight is 355 g/mol. The highest BCUT2D eigenvalue weighted by Crippen LogP contribution is 2.33. The maximum atomic E-state index is 12.8. The Kier molecular flexibility index (Phi) is 4.75. The van der Waals surface area contributed by atoms with E-state index in [0.29, 0.717) is 5.69 Å². The number of rotatable bonds is 4. The van der Waals surface area contributed by atoms with Crippen molar-refractivity contribution >= 4 is 21.8 Å². The van der Waals surface area contributed by atoms with Gasteiger partial charge in [-0.05, 0) is 54.8 Å². The molecule has 0 aromatic heterocycles. The molecule has 0 amide bonds. The Labute approximate surface area is 138 Å². The van der Waals surface area contributed by atoms with E-state index < -0.39 is 21.8 Å². The molecular formula is C17H16F3NO2S. The van der Waals surface area contributed by atoms with E-state index in [1.807, 2.05) is 0 Å². The Bertz CT molecular complexity index is 847. The Morgan fingerprint density at radius 3 is 1.96 bits per heavy atom. The van der Waals surface area contributed by atoms with Crippen molar-refractivity contribution in [1.82, 2.24) is 0 Å². The predicted octanol–water partition coefficient (Wildman–Crippen LogP) is 4.77. The SMILES string of the molecule is C=Cc1ccc(NS(=O)(=O)c2c(C)cc(C(F)(F)F)cc2C)cc1. The van der Waals surface area contributed by atoms with Crippen molar-refractivity contribution in [3.05, 3.63) is 65.2 Å². The van der Waals surface area contributed by atoms with Gasteiger partial charge in [0.1, 0.15) is 0 Å². The van der Waals surface area contributed by atoms with Crippen molar-refractivity contribution in [2.45, 2.75) is 24.9 Å². The van der Waals surface area contributed by atoms with E-state index >= 15 is 0 Å². The minimum Gasteiger partial charge on any atom is -0.280 e. The van der Waals surface area contributed by atoms with Crippen LogP contribution in [0, 0.1) is 13.8 Å². The third kappa shape index (κ3) is 3.79. The number of anilines is 1. The zero-order valence-electron chi connectivity index (χ0n) is 13.1. The number of hydrogen-bond acceptors (Lipinski definition) is 2. The first-order valence-electron chi connectivity index (χ1n) is 6.98. The Hall–Kier alpha value is -2.28. The highest BCUT2D eigenvalue weighted by Gasteiger charge is 2.32. The molecule has 1 N–H and O–H groups in total. The Morgan fingerprint density at radius 2 is 1.54 bits per heavy atom. The van der Waals surface area contributed by atoms with Crippen molar-refractivity contribution in [1.29, 1.82) is 0 Å². The van der Waals surface area contributed by atoms with Gasteiger partial charge in [0.2, 0.25) is 0 Å². The van der Waals surface area contributed by atoms with E-state index in [-0.39, 0.29) is 16.0 Å². The Morgan fingerprint density at radius 1 is 1.04 bits per heavy atom. The lowest BCUT2D eigenvalue weighted by Crippen LogP contribution is -2.17. The molecule has 2 aromatic rings. The lowest BCUT2D eigenvalue weighted by Gasteiger charge is -2.16. The molecule has 0 radical (unpaired) electrons. The van der Waals surface area contributed by atoms with Crippen molar-refractivity contribution in [3.63, 3.8) is 0 Å². The van der Waals surface area contributed by atoms with E-state index in [1.54, 1.807) is 30.3 Å². The molecule has 0 aliphatic rings. The molecule has 0 saturated carbocycles. The van der Waals surface area contributed by atoms with Crippen molar-refractivity contribution in [3.8, 4) is 0 Å². The number of alkyl halides is 3. The summed E-state index contributed by atoms with van der Waals surface area (Å²) in [6, 6.07) is 8.14. The number of halogens is 3. The van der Waals surface area contributed by atoms with E-state index in [4.69, 9.17) is 0 Å². The molecule has 3 nitrogen and oxygen atoms in total. The van der Waals surface area contributed by atoms with Crippen molar-refractivity contribution in [2.24, 2.45) is 0 Å². The summed E-state index contributed by atoms with van der Waals surface area (Å²) in [5.41, 5.74) is 0.348. The number of nitrogens with one attached hydrogen (secondary N) is 1. The molecule has 128 valence electrons. The normalized spacial score (nSPS) is 12.0. The molecule has 0 aliphatic heterocycles. The summed E-state index contributed by atoms with van der Waals surface area (Å²) in [7, 11) is -4.00. The summed E-state index contributed by atoms with van der Waals surface area (Å²) >= 11 is 0. The molecule has 0 aliphatic carbocycles. The summed E-state index contributed by atoms with van der Waals surface area (Å²) in [5, 5.41) is 0. The van der Waals surface area contributed by atoms with Gasteiger partial charge in [0, 0.05) is 5.69 Å². The van der Waals surface area contributed by atoms with Crippen LogP contribution in [-0.4, -0.2) is 8.42 Å². The summed E-state index contributed by atoms with van der Waals surface area (Å²) in [4.78, 5) is -0.150. The first kappa shape index (κ1) is 18.1. The quantitative estimate of drug-likeness (QED) is 0.859. The summed E-state index contributed by atoms with van der Waals surface area (Å²) in [6.45, 7) is 6.29. The second-order valence-corrected chi connectivity index (χ2v) is 6.99. The number of hydrogen-bond donors (Lipinski definition) is 1. The molecule has 0 heterocycles. The van der Waals surface area contributed by atoms with Crippen LogP contribution >= 0.6 is 0 Å². The average Bonchev–Trinajstić information content (AvgIpc) is 2.45. The molecule has 7 heteroatoms. The van der Waals surface area contributed by atoms with Gasteiger partial charge in [-0.1, -0.05) is 24.8 Å². The van der Waals surface area contributed by atoms with E-state index in [9.17, 15) is 21.6 Å². The molecule has 0 atom stereocenters.